The minimum Gasteiger partial charge on any atom is -0.445 e. The number of carbonyl (C=O) groups excluding carboxylic acids is 1. The highest BCUT2D eigenvalue weighted by Gasteiger charge is 2.33. The lowest BCUT2D eigenvalue weighted by Gasteiger charge is -2.31. The van der Waals surface area contributed by atoms with Crippen LogP contribution in [-0.4, -0.2) is 31.9 Å². The highest BCUT2D eigenvalue weighted by Crippen LogP contribution is 2.27. The molecule has 29 heavy (non-hydrogen) atoms. The van der Waals surface area contributed by atoms with Crippen molar-refractivity contribution >= 4 is 16.8 Å². The van der Waals surface area contributed by atoms with Crippen LogP contribution in [0.5, 0.6) is 0 Å². The average Bonchev–Trinajstić information content (AvgIpc) is 3.13. The lowest BCUT2D eigenvalue weighted by atomic mass is 10.0. The normalized spacial score (nSPS) is 15.2. The first-order valence-electron chi connectivity index (χ1n) is 10.1. The molecule has 0 saturated heterocycles. The molecule has 2 aromatic heterocycles. The van der Waals surface area contributed by atoms with Gasteiger partial charge in [-0.15, -0.1) is 0 Å². The molecule has 0 N–H and O–H groups in total. The molecular formula is C22H26N4O3. The molecule has 4 rings (SSSR count). The lowest BCUT2D eigenvalue weighted by Crippen LogP contribution is -2.44. The number of hydrogen-bond acceptors (Lipinski definition) is 5. The Labute approximate surface area is 169 Å². The fourth-order valence-corrected chi connectivity index (χ4v) is 3.85. The Morgan fingerprint density at radius 1 is 1.17 bits per heavy atom. The van der Waals surface area contributed by atoms with Gasteiger partial charge in [0.05, 0.1) is 23.8 Å². The molecule has 3 heterocycles. The van der Waals surface area contributed by atoms with E-state index in [4.69, 9.17) is 4.42 Å². The number of carbonyl (C=O) groups is 1. The Kier molecular flexibility index (Phi) is 4.98. The minimum absolute atomic E-state index is 0.0620. The number of aromatic nitrogens is 3. The summed E-state index contributed by atoms with van der Waals surface area (Å²) in [5.74, 6) is 1.63. The lowest BCUT2D eigenvalue weighted by molar-refractivity contribution is -0.137. The van der Waals surface area contributed by atoms with E-state index in [0.717, 1.165) is 11.5 Å². The maximum atomic E-state index is 13.5. The number of oxazole rings is 1. The third-order valence-corrected chi connectivity index (χ3v) is 5.42. The number of rotatable bonds is 4. The summed E-state index contributed by atoms with van der Waals surface area (Å²) in [5.41, 5.74) is 1.26. The molecule has 1 aliphatic heterocycles. The highest BCUT2D eigenvalue weighted by atomic mass is 16.4. The van der Waals surface area contributed by atoms with E-state index in [1.54, 1.807) is 17.0 Å². The second-order valence-corrected chi connectivity index (χ2v) is 8.25. The molecule has 3 aromatic rings. The second kappa shape index (κ2) is 7.46. The first-order chi connectivity index (χ1) is 13.9. The summed E-state index contributed by atoms with van der Waals surface area (Å²) in [4.78, 5) is 37.3. The minimum atomic E-state index is -0.613. The van der Waals surface area contributed by atoms with Crippen molar-refractivity contribution in [1.29, 1.82) is 0 Å². The third-order valence-electron chi connectivity index (χ3n) is 5.42. The fourth-order valence-electron chi connectivity index (χ4n) is 3.85. The van der Waals surface area contributed by atoms with E-state index < -0.39 is 6.04 Å². The molecule has 152 valence electrons. The van der Waals surface area contributed by atoms with E-state index in [1.165, 1.54) is 10.9 Å². The number of fused-ring (bicyclic) bond motifs is 2. The van der Waals surface area contributed by atoms with Crippen LogP contribution in [0, 0.1) is 5.92 Å². The number of benzene rings is 1. The van der Waals surface area contributed by atoms with Crippen molar-refractivity contribution in [1.82, 2.24) is 19.4 Å². The van der Waals surface area contributed by atoms with Crippen molar-refractivity contribution in [3.8, 4) is 0 Å². The van der Waals surface area contributed by atoms with E-state index in [1.807, 2.05) is 39.8 Å². The smallest absolute Gasteiger partial charge is 0.261 e. The molecule has 0 fully saturated rings. The number of para-hydroxylation sites is 1. The Balaban J connectivity index is 1.67. The molecule has 0 radical (unpaired) electrons. The molecule has 1 amide bonds. The predicted octanol–water partition coefficient (Wildman–Crippen LogP) is 3.29. The summed E-state index contributed by atoms with van der Waals surface area (Å²) in [6, 6.07) is 6.59. The van der Waals surface area contributed by atoms with Crippen molar-refractivity contribution in [2.24, 2.45) is 5.92 Å². The van der Waals surface area contributed by atoms with Crippen molar-refractivity contribution in [2.45, 2.75) is 52.6 Å². The zero-order valence-electron chi connectivity index (χ0n) is 17.3. The van der Waals surface area contributed by atoms with E-state index >= 15 is 0 Å². The summed E-state index contributed by atoms with van der Waals surface area (Å²) in [6.45, 7) is 8.93. The maximum Gasteiger partial charge on any atom is 0.261 e. The molecule has 1 atom stereocenters. The van der Waals surface area contributed by atoms with Crippen LogP contribution in [0.3, 0.4) is 0 Å². The molecule has 7 heteroatoms. The molecule has 0 bridgehead atoms. The zero-order chi connectivity index (χ0) is 20.7. The van der Waals surface area contributed by atoms with Crippen molar-refractivity contribution in [2.75, 3.05) is 6.54 Å². The van der Waals surface area contributed by atoms with Crippen molar-refractivity contribution in [3.05, 3.63) is 58.3 Å². The van der Waals surface area contributed by atoms with Crippen LogP contribution >= 0.6 is 0 Å². The van der Waals surface area contributed by atoms with Crippen LogP contribution in [0.4, 0.5) is 0 Å². The van der Waals surface area contributed by atoms with Gasteiger partial charge in [-0.2, -0.15) is 0 Å². The van der Waals surface area contributed by atoms with Gasteiger partial charge in [0.25, 0.3) is 5.56 Å². The summed E-state index contributed by atoms with van der Waals surface area (Å²) >= 11 is 0. The van der Waals surface area contributed by atoms with E-state index in [2.05, 4.69) is 9.97 Å². The highest BCUT2D eigenvalue weighted by molar-refractivity contribution is 5.82. The quantitative estimate of drug-likeness (QED) is 0.678. The van der Waals surface area contributed by atoms with E-state index in [-0.39, 0.29) is 23.3 Å². The molecule has 0 spiro atoms. The van der Waals surface area contributed by atoms with Crippen LogP contribution < -0.4 is 5.56 Å². The van der Waals surface area contributed by atoms with Crippen LogP contribution in [0.1, 0.15) is 57.0 Å². The van der Waals surface area contributed by atoms with Crippen LogP contribution in [0.2, 0.25) is 0 Å². The summed E-state index contributed by atoms with van der Waals surface area (Å²) < 4.78 is 7.32. The zero-order valence-corrected chi connectivity index (χ0v) is 17.3. The second-order valence-electron chi connectivity index (χ2n) is 8.25. The molecular weight excluding hydrogens is 368 g/mol. The standard InChI is InChI=1S/C22H26N4O3/c1-13(2)19(26-12-23-16-8-6-5-7-15(16)21(26)27)22(28)25-10-9-18-17(11-25)24-20(29-18)14(3)4/h5-8,12-14,19H,9-11H2,1-4H3. The van der Waals surface area contributed by atoms with Crippen molar-refractivity contribution < 1.29 is 9.21 Å². The first-order valence-corrected chi connectivity index (χ1v) is 10.1. The molecule has 0 aliphatic carbocycles. The molecule has 1 aliphatic rings. The summed E-state index contributed by atoms with van der Waals surface area (Å²) in [5, 5.41) is 0.521. The van der Waals surface area contributed by atoms with Gasteiger partial charge in [0.2, 0.25) is 5.91 Å². The number of nitrogens with zero attached hydrogens (tertiary/aromatic N) is 4. The Bertz CT molecular complexity index is 1110. The summed E-state index contributed by atoms with van der Waals surface area (Å²) in [6.07, 6.45) is 2.13. The number of amides is 1. The van der Waals surface area contributed by atoms with Gasteiger partial charge in [0.1, 0.15) is 17.5 Å². The molecule has 1 unspecified atom stereocenters. The van der Waals surface area contributed by atoms with E-state index in [9.17, 15) is 9.59 Å². The van der Waals surface area contributed by atoms with Crippen molar-refractivity contribution in [3.63, 3.8) is 0 Å². The van der Waals surface area contributed by atoms with Gasteiger partial charge in [-0.25, -0.2) is 9.97 Å². The van der Waals surface area contributed by atoms with Gasteiger partial charge in [-0.1, -0.05) is 39.8 Å². The first kappa shape index (κ1) is 19.4. The van der Waals surface area contributed by atoms with Crippen LogP contribution in [0.15, 0.2) is 39.8 Å². The van der Waals surface area contributed by atoms with Gasteiger partial charge in [0.15, 0.2) is 5.89 Å². The SMILES string of the molecule is CC(C)c1nc2c(o1)CCN(C(=O)C(C(C)C)n1cnc3ccccc3c1=O)C2. The average molecular weight is 394 g/mol. The molecule has 7 nitrogen and oxygen atoms in total. The predicted molar refractivity (Wildman–Crippen MR) is 110 cm³/mol. The topological polar surface area (TPSA) is 81.2 Å². The third kappa shape index (κ3) is 3.45. The Morgan fingerprint density at radius 2 is 1.93 bits per heavy atom. The molecule has 0 saturated carbocycles. The van der Waals surface area contributed by atoms with Gasteiger partial charge in [0, 0.05) is 18.9 Å². The van der Waals surface area contributed by atoms with Gasteiger partial charge in [-0.05, 0) is 18.1 Å². The Hall–Kier alpha value is -2.96. The fraction of sp³-hybridized carbons (Fsp3) is 0.455. The largest absolute Gasteiger partial charge is 0.445 e. The molecule has 1 aromatic carbocycles. The Morgan fingerprint density at radius 3 is 2.66 bits per heavy atom. The van der Waals surface area contributed by atoms with E-state index in [0.29, 0.717) is 36.3 Å². The summed E-state index contributed by atoms with van der Waals surface area (Å²) in [7, 11) is 0. The van der Waals surface area contributed by atoms with Gasteiger partial charge >= 0.3 is 0 Å². The van der Waals surface area contributed by atoms with Gasteiger partial charge in [-0.3, -0.25) is 14.2 Å². The monoisotopic (exact) mass is 394 g/mol. The maximum absolute atomic E-state index is 13.5. The van der Waals surface area contributed by atoms with Crippen LogP contribution in [0.25, 0.3) is 10.9 Å². The van der Waals surface area contributed by atoms with Crippen LogP contribution in [-0.2, 0) is 17.8 Å². The number of hydrogen-bond donors (Lipinski definition) is 0. The van der Waals surface area contributed by atoms with Gasteiger partial charge < -0.3 is 9.32 Å².